The molecule has 4 bridgehead atoms. The lowest BCUT2D eigenvalue weighted by Crippen LogP contribution is -2.51. The van der Waals surface area contributed by atoms with Crippen molar-refractivity contribution in [1.82, 2.24) is 5.32 Å². The molecule has 1 saturated heterocycles. The Morgan fingerprint density at radius 1 is 1.03 bits per heavy atom. The Labute approximate surface area is 177 Å². The minimum Gasteiger partial charge on any atom is -0.486 e. The average molecular weight is 411 g/mol. The highest BCUT2D eigenvalue weighted by molar-refractivity contribution is 6.00. The molecule has 4 saturated carbocycles. The molecule has 30 heavy (non-hydrogen) atoms. The van der Waals surface area contributed by atoms with Crippen molar-refractivity contribution in [2.75, 3.05) is 31.2 Å². The summed E-state index contributed by atoms with van der Waals surface area (Å²) in [6.07, 6.45) is 8.37. The molecular formula is C24H30N2O4. The number of amides is 2. The van der Waals surface area contributed by atoms with E-state index in [-0.39, 0.29) is 24.2 Å². The summed E-state index contributed by atoms with van der Waals surface area (Å²) >= 11 is 0. The van der Waals surface area contributed by atoms with Gasteiger partial charge in [0, 0.05) is 31.3 Å². The van der Waals surface area contributed by atoms with Crippen LogP contribution in [0.1, 0.15) is 44.9 Å². The lowest BCUT2D eigenvalue weighted by Gasteiger charge is -2.57. The summed E-state index contributed by atoms with van der Waals surface area (Å²) in [4.78, 5) is 27.3. The lowest BCUT2D eigenvalue weighted by molar-refractivity contribution is -0.128. The molecule has 2 heterocycles. The topological polar surface area (TPSA) is 67.9 Å². The highest BCUT2D eigenvalue weighted by Gasteiger charge is 2.51. The zero-order valence-electron chi connectivity index (χ0n) is 17.4. The molecule has 1 aromatic rings. The molecule has 0 radical (unpaired) electrons. The number of nitrogens with one attached hydrogen (secondary N) is 1. The molecule has 6 nitrogen and oxygen atoms in total. The van der Waals surface area contributed by atoms with E-state index in [9.17, 15) is 9.59 Å². The molecule has 0 unspecified atom stereocenters. The van der Waals surface area contributed by atoms with E-state index in [0.29, 0.717) is 36.7 Å². The van der Waals surface area contributed by atoms with Crippen LogP contribution in [-0.4, -0.2) is 38.1 Å². The summed E-state index contributed by atoms with van der Waals surface area (Å²) in [5, 5.41) is 3.26. The fourth-order valence-corrected chi connectivity index (χ4v) is 7.26. The molecule has 160 valence electrons. The van der Waals surface area contributed by atoms with Crippen LogP contribution in [0.25, 0.3) is 0 Å². The van der Waals surface area contributed by atoms with Gasteiger partial charge in [0.25, 0.3) is 0 Å². The number of rotatable bonds is 4. The number of fused-ring (bicyclic) bond motifs is 1. The number of hydrogen-bond acceptors (Lipinski definition) is 4. The van der Waals surface area contributed by atoms with Gasteiger partial charge in [-0.2, -0.15) is 0 Å². The minimum atomic E-state index is -0.278. The van der Waals surface area contributed by atoms with E-state index in [1.807, 2.05) is 18.2 Å². The van der Waals surface area contributed by atoms with Gasteiger partial charge < -0.3 is 19.7 Å². The van der Waals surface area contributed by atoms with E-state index >= 15 is 0 Å². The number of nitrogens with zero attached hydrogens (tertiary/aromatic N) is 1. The highest BCUT2D eigenvalue weighted by atomic mass is 16.6. The molecule has 1 aromatic carbocycles. The molecule has 4 aliphatic carbocycles. The lowest BCUT2D eigenvalue weighted by atomic mass is 9.49. The van der Waals surface area contributed by atoms with E-state index in [4.69, 9.17) is 9.47 Å². The van der Waals surface area contributed by atoms with Gasteiger partial charge in [-0.1, -0.05) is 0 Å². The van der Waals surface area contributed by atoms with Crippen LogP contribution in [0.5, 0.6) is 11.5 Å². The van der Waals surface area contributed by atoms with Crippen LogP contribution in [0.2, 0.25) is 0 Å². The van der Waals surface area contributed by atoms with Gasteiger partial charge in [-0.25, -0.2) is 0 Å². The number of benzene rings is 1. The second-order valence-electron chi connectivity index (χ2n) is 10.4. The predicted molar refractivity (Wildman–Crippen MR) is 112 cm³/mol. The maximum atomic E-state index is 13.0. The third kappa shape index (κ3) is 3.15. The molecule has 1 atom stereocenters. The first-order chi connectivity index (χ1) is 14.6. The second-order valence-corrected chi connectivity index (χ2v) is 10.4. The standard InChI is InChI=1S/C24H30N2O4/c27-22-8-18(13-26(22)19-1-2-20-21(9-19)30-4-3-29-20)23(28)25-14-24-10-15-5-16(11-24)7-17(6-15)12-24/h1-2,9,15-18H,3-8,10-14H2,(H,25,28)/t15?,16?,17?,18-,24?/m1/s1. The summed E-state index contributed by atoms with van der Waals surface area (Å²) in [6, 6.07) is 5.57. The van der Waals surface area contributed by atoms with Crippen molar-refractivity contribution in [3.63, 3.8) is 0 Å². The van der Waals surface area contributed by atoms with Gasteiger partial charge in [0.05, 0.1) is 5.92 Å². The van der Waals surface area contributed by atoms with Crippen LogP contribution >= 0.6 is 0 Å². The van der Waals surface area contributed by atoms with E-state index < -0.39 is 0 Å². The summed E-state index contributed by atoms with van der Waals surface area (Å²) < 4.78 is 11.2. The number of ether oxygens (including phenoxy) is 2. The highest BCUT2D eigenvalue weighted by Crippen LogP contribution is 2.59. The van der Waals surface area contributed by atoms with Gasteiger partial charge >= 0.3 is 0 Å². The fraction of sp³-hybridized carbons (Fsp3) is 0.667. The number of carbonyl (C=O) groups excluding carboxylic acids is 2. The van der Waals surface area contributed by atoms with Crippen LogP contribution < -0.4 is 19.7 Å². The zero-order valence-corrected chi connectivity index (χ0v) is 17.4. The molecular weight excluding hydrogens is 380 g/mol. The summed E-state index contributed by atoms with van der Waals surface area (Å²) in [7, 11) is 0. The quantitative estimate of drug-likeness (QED) is 0.828. The Kier molecular flexibility index (Phi) is 4.26. The Morgan fingerprint density at radius 2 is 1.70 bits per heavy atom. The Balaban J connectivity index is 1.10. The van der Waals surface area contributed by atoms with Gasteiger partial charge in [0.1, 0.15) is 13.2 Å². The summed E-state index contributed by atoms with van der Waals surface area (Å²) in [6.45, 7) is 2.29. The molecule has 5 fully saturated rings. The maximum absolute atomic E-state index is 13.0. The van der Waals surface area contributed by atoms with Crippen molar-refractivity contribution >= 4 is 17.5 Å². The number of hydrogen-bond donors (Lipinski definition) is 1. The van der Waals surface area contributed by atoms with Crippen LogP contribution in [0.3, 0.4) is 0 Å². The molecule has 2 aliphatic heterocycles. The van der Waals surface area contributed by atoms with Crippen molar-refractivity contribution in [2.45, 2.75) is 44.9 Å². The first-order valence-electron chi connectivity index (χ1n) is 11.5. The first-order valence-corrected chi connectivity index (χ1v) is 11.5. The Morgan fingerprint density at radius 3 is 2.40 bits per heavy atom. The molecule has 2 amide bonds. The van der Waals surface area contributed by atoms with Crippen LogP contribution in [0, 0.1) is 29.1 Å². The van der Waals surface area contributed by atoms with Crippen molar-refractivity contribution in [2.24, 2.45) is 29.1 Å². The molecule has 6 heteroatoms. The summed E-state index contributed by atoms with van der Waals surface area (Å²) in [5.41, 5.74) is 1.10. The van der Waals surface area contributed by atoms with Gasteiger partial charge in [0.15, 0.2) is 11.5 Å². The van der Waals surface area contributed by atoms with Gasteiger partial charge in [-0.3, -0.25) is 9.59 Å². The average Bonchev–Trinajstić information content (AvgIpc) is 3.12. The Hall–Kier alpha value is -2.24. The minimum absolute atomic E-state index is 0.00151. The van der Waals surface area contributed by atoms with Gasteiger partial charge in [-0.05, 0) is 73.8 Å². The van der Waals surface area contributed by atoms with E-state index in [1.54, 1.807) is 4.90 Å². The molecule has 0 spiro atoms. The van der Waals surface area contributed by atoms with Crippen LogP contribution in [0.15, 0.2) is 18.2 Å². The number of anilines is 1. The monoisotopic (exact) mass is 410 g/mol. The molecule has 0 aromatic heterocycles. The maximum Gasteiger partial charge on any atom is 0.227 e. The Bertz CT molecular complexity index is 847. The second kappa shape index (κ2) is 6.89. The van der Waals surface area contributed by atoms with Crippen molar-refractivity contribution in [3.8, 4) is 11.5 Å². The predicted octanol–water partition coefficient (Wildman–Crippen LogP) is 3.14. The third-order valence-corrected chi connectivity index (χ3v) is 8.14. The van der Waals surface area contributed by atoms with E-state index in [1.165, 1.54) is 38.5 Å². The van der Waals surface area contributed by atoms with E-state index in [0.717, 1.165) is 30.0 Å². The van der Waals surface area contributed by atoms with Crippen molar-refractivity contribution in [3.05, 3.63) is 18.2 Å². The van der Waals surface area contributed by atoms with Crippen LogP contribution in [-0.2, 0) is 9.59 Å². The van der Waals surface area contributed by atoms with Gasteiger partial charge in [0.2, 0.25) is 11.8 Å². The molecule has 7 rings (SSSR count). The third-order valence-electron chi connectivity index (χ3n) is 8.14. The first kappa shape index (κ1) is 18.5. The summed E-state index contributed by atoms with van der Waals surface area (Å²) in [5.74, 6) is 3.79. The smallest absolute Gasteiger partial charge is 0.227 e. The van der Waals surface area contributed by atoms with Crippen molar-refractivity contribution in [1.29, 1.82) is 0 Å². The van der Waals surface area contributed by atoms with E-state index in [2.05, 4.69) is 5.32 Å². The van der Waals surface area contributed by atoms with Gasteiger partial charge in [-0.15, -0.1) is 0 Å². The SMILES string of the molecule is O=C(NCC12CC3CC(CC(C3)C1)C2)[C@@H]1CC(=O)N(c2ccc3c(c2)OCCO3)C1. The largest absolute Gasteiger partial charge is 0.486 e. The zero-order chi connectivity index (χ0) is 20.3. The van der Waals surface area contributed by atoms with Crippen molar-refractivity contribution < 1.29 is 19.1 Å². The fourth-order valence-electron chi connectivity index (χ4n) is 7.26. The molecule has 1 N–H and O–H groups in total. The molecule has 6 aliphatic rings. The number of carbonyl (C=O) groups is 2. The normalized spacial score (nSPS) is 36.3. The van der Waals surface area contributed by atoms with Crippen LogP contribution in [0.4, 0.5) is 5.69 Å².